The van der Waals surface area contributed by atoms with Crippen molar-refractivity contribution >= 4 is 11.9 Å². The molecular formula is C40H47NO4. The number of hydrogen-bond donors (Lipinski definition) is 1. The van der Waals surface area contributed by atoms with Crippen molar-refractivity contribution in [2.75, 3.05) is 13.2 Å². The van der Waals surface area contributed by atoms with Gasteiger partial charge in [-0.3, -0.25) is 4.79 Å². The van der Waals surface area contributed by atoms with Gasteiger partial charge in [0.1, 0.15) is 11.4 Å². The molecule has 0 unspecified atom stereocenters. The molecule has 4 aromatic carbocycles. The Bertz CT molecular complexity index is 1500. The number of carbonyl (C=O) groups is 2. The Morgan fingerprint density at radius 1 is 0.689 bits per heavy atom. The van der Waals surface area contributed by atoms with Crippen molar-refractivity contribution in [1.29, 1.82) is 0 Å². The van der Waals surface area contributed by atoms with Crippen LogP contribution in [0.1, 0.15) is 79.9 Å². The van der Waals surface area contributed by atoms with Gasteiger partial charge >= 0.3 is 5.97 Å². The van der Waals surface area contributed by atoms with E-state index >= 15 is 0 Å². The van der Waals surface area contributed by atoms with Crippen LogP contribution in [0, 0.1) is 13.8 Å². The number of nitrogens with one attached hydrogen (secondary N) is 1. The summed E-state index contributed by atoms with van der Waals surface area (Å²) in [5, 5.41) is 3.14. The second-order valence-corrected chi connectivity index (χ2v) is 12.8. The summed E-state index contributed by atoms with van der Waals surface area (Å²) in [5.74, 6) is -0.0283. The first-order valence-corrected chi connectivity index (χ1v) is 16.1. The number of aryl methyl sites for hydroxylation is 3. The smallest absolute Gasteiger partial charge is 0.344 e. The van der Waals surface area contributed by atoms with E-state index < -0.39 is 11.6 Å². The molecule has 1 N–H and O–H groups in total. The fourth-order valence-electron chi connectivity index (χ4n) is 5.40. The maximum absolute atomic E-state index is 13.5. The molecule has 0 aliphatic carbocycles. The van der Waals surface area contributed by atoms with E-state index in [9.17, 15) is 9.59 Å². The summed E-state index contributed by atoms with van der Waals surface area (Å²) in [6.07, 6.45) is 6.65. The molecule has 0 aliphatic heterocycles. The first kappa shape index (κ1) is 33.5. The van der Waals surface area contributed by atoms with Crippen LogP contribution in [-0.2, 0) is 16.0 Å². The third kappa shape index (κ3) is 10.6. The predicted octanol–water partition coefficient (Wildman–Crippen LogP) is 9.28. The van der Waals surface area contributed by atoms with Gasteiger partial charge in [0.2, 0.25) is 0 Å². The first-order valence-electron chi connectivity index (χ1n) is 16.1. The van der Waals surface area contributed by atoms with E-state index in [1.807, 2.05) is 83.1 Å². The SMILES string of the molecule is Cc1cccc(-c2cc(C(=O)NCCCCCCCc3ccccc3)cc(-c3cccc(C)c3)c2OCC(=O)OC(C)(C)C)c1. The second kappa shape index (κ2) is 16.1. The molecular weight excluding hydrogens is 558 g/mol. The van der Waals surface area contributed by atoms with Crippen molar-refractivity contribution in [1.82, 2.24) is 5.32 Å². The van der Waals surface area contributed by atoms with Gasteiger partial charge in [-0.15, -0.1) is 0 Å². The highest BCUT2D eigenvalue weighted by atomic mass is 16.6. The monoisotopic (exact) mass is 605 g/mol. The Hall–Kier alpha value is -4.38. The molecule has 0 atom stereocenters. The highest BCUT2D eigenvalue weighted by Crippen LogP contribution is 2.41. The zero-order valence-electron chi connectivity index (χ0n) is 27.5. The molecule has 0 spiro atoms. The first-order chi connectivity index (χ1) is 21.6. The predicted molar refractivity (Wildman–Crippen MR) is 184 cm³/mol. The van der Waals surface area contributed by atoms with Gasteiger partial charge < -0.3 is 14.8 Å². The number of amides is 1. The molecule has 1 amide bonds. The lowest BCUT2D eigenvalue weighted by atomic mass is 9.93. The molecule has 4 rings (SSSR count). The van der Waals surface area contributed by atoms with Crippen LogP contribution in [-0.4, -0.2) is 30.6 Å². The molecule has 0 bridgehead atoms. The number of unbranched alkanes of at least 4 members (excludes halogenated alkanes) is 4. The zero-order valence-corrected chi connectivity index (χ0v) is 27.5. The molecule has 0 saturated heterocycles. The molecule has 0 radical (unpaired) electrons. The standard InChI is InChI=1S/C40H47NO4/c1-29-16-14-21-32(24-29)35-26-34(39(43)41-23-13-8-6-7-10-18-31-19-11-9-12-20-31)27-36(33-22-15-17-30(2)25-33)38(35)44-28-37(42)45-40(3,4)5/h9,11-12,14-17,19-22,24-27H,6-8,10,13,18,23,28H2,1-5H3,(H,41,43). The fourth-order valence-corrected chi connectivity index (χ4v) is 5.40. The van der Waals surface area contributed by atoms with Gasteiger partial charge in [-0.1, -0.05) is 109 Å². The van der Waals surface area contributed by atoms with Gasteiger partial charge in [0, 0.05) is 23.2 Å². The molecule has 5 heteroatoms. The second-order valence-electron chi connectivity index (χ2n) is 12.8. The Balaban J connectivity index is 1.52. The van der Waals surface area contributed by atoms with Gasteiger partial charge in [0.05, 0.1) is 0 Å². The lowest BCUT2D eigenvalue weighted by Gasteiger charge is -2.22. The minimum atomic E-state index is -0.622. The average Bonchev–Trinajstić information content (AvgIpc) is 3.00. The van der Waals surface area contributed by atoms with E-state index in [0.717, 1.165) is 59.1 Å². The Morgan fingerprint density at radius 2 is 1.27 bits per heavy atom. The van der Waals surface area contributed by atoms with Gasteiger partial charge in [-0.2, -0.15) is 0 Å². The summed E-state index contributed by atoms with van der Waals surface area (Å²) in [7, 11) is 0. The van der Waals surface area contributed by atoms with E-state index in [2.05, 4.69) is 47.8 Å². The number of esters is 1. The minimum Gasteiger partial charge on any atom is -0.481 e. The van der Waals surface area contributed by atoms with Crippen molar-refractivity contribution < 1.29 is 19.1 Å². The highest BCUT2D eigenvalue weighted by Gasteiger charge is 2.22. The van der Waals surface area contributed by atoms with Crippen LogP contribution in [0.3, 0.4) is 0 Å². The van der Waals surface area contributed by atoms with E-state index in [1.165, 1.54) is 18.4 Å². The largest absolute Gasteiger partial charge is 0.481 e. The number of benzene rings is 4. The summed E-state index contributed by atoms with van der Waals surface area (Å²) < 4.78 is 11.8. The summed E-state index contributed by atoms with van der Waals surface area (Å²) in [4.78, 5) is 26.2. The van der Waals surface area contributed by atoms with Crippen LogP contribution in [0.25, 0.3) is 22.3 Å². The van der Waals surface area contributed by atoms with Crippen LogP contribution >= 0.6 is 0 Å². The van der Waals surface area contributed by atoms with Crippen LogP contribution < -0.4 is 10.1 Å². The van der Waals surface area contributed by atoms with Crippen LogP contribution in [0.2, 0.25) is 0 Å². The van der Waals surface area contributed by atoms with Crippen molar-refractivity contribution in [3.05, 3.63) is 113 Å². The Labute approximate surface area is 269 Å². The molecule has 5 nitrogen and oxygen atoms in total. The average molecular weight is 606 g/mol. The van der Waals surface area contributed by atoms with Gasteiger partial charge in [-0.05, 0) is 82.7 Å². The molecule has 0 heterocycles. The molecule has 0 fully saturated rings. The van der Waals surface area contributed by atoms with E-state index in [0.29, 0.717) is 17.9 Å². The molecule has 4 aromatic rings. The quantitative estimate of drug-likeness (QED) is 0.115. The summed E-state index contributed by atoms with van der Waals surface area (Å²) in [6.45, 7) is 9.94. The third-order valence-corrected chi connectivity index (χ3v) is 7.53. The molecule has 0 saturated carbocycles. The Morgan fingerprint density at radius 3 is 1.84 bits per heavy atom. The number of carbonyl (C=O) groups excluding carboxylic acids is 2. The van der Waals surface area contributed by atoms with E-state index in [1.54, 1.807) is 0 Å². The molecule has 45 heavy (non-hydrogen) atoms. The molecule has 236 valence electrons. The number of rotatable bonds is 14. The Kier molecular flexibility index (Phi) is 12.0. The van der Waals surface area contributed by atoms with E-state index in [4.69, 9.17) is 9.47 Å². The van der Waals surface area contributed by atoms with Gasteiger partial charge in [-0.25, -0.2) is 4.79 Å². The van der Waals surface area contributed by atoms with Crippen molar-refractivity contribution in [2.45, 2.75) is 78.7 Å². The molecule has 0 aromatic heterocycles. The van der Waals surface area contributed by atoms with Crippen molar-refractivity contribution in [3.8, 4) is 28.0 Å². The zero-order chi connectivity index (χ0) is 32.2. The number of ether oxygens (including phenoxy) is 2. The van der Waals surface area contributed by atoms with Gasteiger partial charge in [0.15, 0.2) is 6.61 Å². The number of hydrogen-bond acceptors (Lipinski definition) is 4. The van der Waals surface area contributed by atoms with Crippen molar-refractivity contribution in [3.63, 3.8) is 0 Å². The lowest BCUT2D eigenvalue weighted by molar-refractivity contribution is -0.157. The summed E-state index contributed by atoms with van der Waals surface area (Å²) in [6, 6.07) is 30.5. The van der Waals surface area contributed by atoms with E-state index in [-0.39, 0.29) is 12.5 Å². The maximum Gasteiger partial charge on any atom is 0.344 e. The normalized spacial score (nSPS) is 11.2. The summed E-state index contributed by atoms with van der Waals surface area (Å²) in [5.41, 5.74) is 6.82. The van der Waals surface area contributed by atoms with Gasteiger partial charge in [0.25, 0.3) is 5.91 Å². The summed E-state index contributed by atoms with van der Waals surface area (Å²) >= 11 is 0. The third-order valence-electron chi connectivity index (χ3n) is 7.53. The lowest BCUT2D eigenvalue weighted by Crippen LogP contribution is -2.27. The van der Waals surface area contributed by atoms with Crippen LogP contribution in [0.4, 0.5) is 0 Å². The fraction of sp³-hybridized carbons (Fsp3) is 0.350. The molecule has 0 aliphatic rings. The maximum atomic E-state index is 13.5. The topological polar surface area (TPSA) is 64.6 Å². The van der Waals surface area contributed by atoms with Crippen LogP contribution in [0.15, 0.2) is 91.0 Å². The van der Waals surface area contributed by atoms with Crippen molar-refractivity contribution in [2.24, 2.45) is 0 Å². The highest BCUT2D eigenvalue weighted by molar-refractivity contribution is 5.99. The minimum absolute atomic E-state index is 0.124. The van der Waals surface area contributed by atoms with Crippen LogP contribution in [0.5, 0.6) is 5.75 Å².